The maximum absolute atomic E-state index is 13.6. The van der Waals surface area contributed by atoms with Crippen LogP contribution in [0.25, 0.3) is 27.9 Å². The van der Waals surface area contributed by atoms with Crippen LogP contribution in [0.4, 0.5) is 11.5 Å². The quantitative estimate of drug-likeness (QED) is 0.207. The van der Waals surface area contributed by atoms with E-state index < -0.39 is 0 Å². The molecule has 0 unspecified atom stereocenters. The van der Waals surface area contributed by atoms with Crippen LogP contribution in [-0.2, 0) is 6.42 Å². The van der Waals surface area contributed by atoms with Crippen molar-refractivity contribution in [2.75, 3.05) is 31.8 Å². The van der Waals surface area contributed by atoms with Crippen molar-refractivity contribution in [2.24, 2.45) is 0 Å². The van der Waals surface area contributed by atoms with E-state index in [2.05, 4.69) is 10.6 Å². The van der Waals surface area contributed by atoms with E-state index in [1.165, 1.54) is 0 Å². The summed E-state index contributed by atoms with van der Waals surface area (Å²) in [5, 5.41) is 5.86. The molecule has 0 fully saturated rings. The number of para-hydroxylation sites is 2. The summed E-state index contributed by atoms with van der Waals surface area (Å²) >= 11 is 0. The number of aromatic nitrogens is 3. The molecule has 0 saturated carbocycles. The van der Waals surface area contributed by atoms with Crippen LogP contribution in [0.1, 0.15) is 26.3 Å². The van der Waals surface area contributed by atoms with Gasteiger partial charge in [0, 0.05) is 23.5 Å². The first-order chi connectivity index (χ1) is 21.4. The number of methoxy groups -OCH3 is 2. The molecule has 0 bridgehead atoms. The van der Waals surface area contributed by atoms with Gasteiger partial charge in [-0.05, 0) is 84.8 Å². The van der Waals surface area contributed by atoms with E-state index in [4.69, 9.17) is 25.2 Å². The predicted molar refractivity (Wildman–Crippen MR) is 171 cm³/mol. The number of carbonyl (C=O) groups is 2. The van der Waals surface area contributed by atoms with E-state index in [1.807, 2.05) is 48.5 Å². The van der Waals surface area contributed by atoms with Gasteiger partial charge in [0.25, 0.3) is 11.8 Å². The van der Waals surface area contributed by atoms with Crippen LogP contribution in [0.2, 0.25) is 0 Å². The number of hydrogen-bond acceptors (Lipinski definition) is 7. The second-order valence-corrected chi connectivity index (χ2v) is 10.1. The molecule has 220 valence electrons. The van der Waals surface area contributed by atoms with E-state index in [-0.39, 0.29) is 23.2 Å². The Morgan fingerprint density at radius 2 is 1.39 bits per heavy atom. The number of rotatable bonds is 9. The molecule has 4 aromatic carbocycles. The molecule has 6 aromatic rings. The van der Waals surface area contributed by atoms with Crippen molar-refractivity contribution in [3.63, 3.8) is 0 Å². The summed E-state index contributed by atoms with van der Waals surface area (Å²) < 4.78 is 12.1. The van der Waals surface area contributed by atoms with E-state index >= 15 is 0 Å². The van der Waals surface area contributed by atoms with Crippen LogP contribution in [-0.4, -0.2) is 47.1 Å². The molecule has 0 aliphatic heterocycles. The number of nitrogen functional groups attached to an aromatic ring is 1. The van der Waals surface area contributed by atoms with Crippen LogP contribution in [0, 0.1) is 0 Å². The van der Waals surface area contributed by atoms with Crippen LogP contribution >= 0.6 is 0 Å². The lowest BCUT2D eigenvalue weighted by Crippen LogP contribution is -2.26. The molecule has 4 N–H and O–H groups in total. The number of nitrogens with two attached hydrogens (primary N) is 1. The first-order valence-corrected chi connectivity index (χ1v) is 14.0. The average Bonchev–Trinajstić information content (AvgIpc) is 3.34. The third-order valence-electron chi connectivity index (χ3n) is 7.32. The average molecular weight is 587 g/mol. The number of nitrogens with one attached hydrogen (secondary N) is 2. The van der Waals surface area contributed by atoms with Crippen molar-refractivity contribution in [3.8, 4) is 17.2 Å². The fourth-order valence-corrected chi connectivity index (χ4v) is 4.99. The topological polar surface area (TPSA) is 133 Å². The fourth-order valence-electron chi connectivity index (χ4n) is 4.99. The number of hydrogen-bond donors (Lipinski definition) is 3. The number of benzene rings is 4. The van der Waals surface area contributed by atoms with Crippen LogP contribution < -0.4 is 25.8 Å². The van der Waals surface area contributed by atoms with Crippen LogP contribution in [0.5, 0.6) is 11.5 Å². The second-order valence-electron chi connectivity index (χ2n) is 10.1. The summed E-state index contributed by atoms with van der Waals surface area (Å²) in [6, 6.07) is 29.2. The smallest absolute Gasteiger partial charge is 0.257 e. The monoisotopic (exact) mass is 586 g/mol. The molecule has 0 saturated heterocycles. The number of carbonyl (C=O) groups excluding carboxylic acids is 2. The zero-order chi connectivity index (χ0) is 30.6. The molecule has 0 aliphatic carbocycles. The molecule has 2 aromatic heterocycles. The molecular weight excluding hydrogens is 556 g/mol. The summed E-state index contributed by atoms with van der Waals surface area (Å²) in [5.74, 6) is 1.06. The SMILES string of the molecule is COc1ccc(CCNC(=O)c2c(N)n(-c3ccc(C(=O)Nc4ccc(OC)cc4)cc3)c3nc4ccccc4nc23)cc1. The molecule has 0 spiro atoms. The highest BCUT2D eigenvalue weighted by atomic mass is 16.5. The van der Waals surface area contributed by atoms with Crippen molar-refractivity contribution in [3.05, 3.63) is 114 Å². The standard InChI is InChI=1S/C34H30N6O4/c1-43-25-15-7-21(8-16-25)19-20-36-34(42)29-30-32(39-28-6-4-3-5-27(28)38-30)40(31(29)35)24-13-9-22(10-14-24)33(41)37-23-11-17-26(44-2)18-12-23/h3-18H,19-20,35H2,1-2H3,(H,36,42)(H,37,41). The van der Waals surface area contributed by atoms with Crippen molar-refractivity contribution >= 4 is 45.5 Å². The van der Waals surface area contributed by atoms with Crippen molar-refractivity contribution < 1.29 is 19.1 Å². The van der Waals surface area contributed by atoms with Crippen LogP contribution in [0.3, 0.4) is 0 Å². The van der Waals surface area contributed by atoms with E-state index in [9.17, 15) is 9.59 Å². The summed E-state index contributed by atoms with van der Waals surface area (Å²) in [4.78, 5) is 36.1. The molecule has 6 rings (SSSR count). The molecule has 0 aliphatic rings. The van der Waals surface area contributed by atoms with Gasteiger partial charge in [0.15, 0.2) is 5.65 Å². The highest BCUT2D eigenvalue weighted by molar-refractivity contribution is 6.11. The number of nitrogens with zero attached hydrogens (tertiary/aromatic N) is 3. The Morgan fingerprint density at radius 3 is 2.02 bits per heavy atom. The van der Waals surface area contributed by atoms with Crippen molar-refractivity contribution in [1.82, 2.24) is 19.9 Å². The minimum Gasteiger partial charge on any atom is -0.497 e. The van der Waals surface area contributed by atoms with E-state index in [1.54, 1.807) is 67.3 Å². The number of amides is 2. The van der Waals surface area contributed by atoms with Crippen LogP contribution in [0.15, 0.2) is 97.1 Å². The normalized spacial score (nSPS) is 11.0. The lowest BCUT2D eigenvalue weighted by molar-refractivity contribution is 0.0955. The third kappa shape index (κ3) is 5.60. The zero-order valence-electron chi connectivity index (χ0n) is 24.2. The first kappa shape index (κ1) is 28.2. The zero-order valence-corrected chi connectivity index (χ0v) is 24.2. The summed E-state index contributed by atoms with van der Waals surface area (Å²) in [7, 11) is 3.21. The number of ether oxygens (including phenoxy) is 2. The highest BCUT2D eigenvalue weighted by Gasteiger charge is 2.25. The van der Waals surface area contributed by atoms with Gasteiger partial charge in [-0.25, -0.2) is 9.97 Å². The Hall–Kier alpha value is -5.90. The first-order valence-electron chi connectivity index (χ1n) is 14.0. The van der Waals surface area contributed by atoms with Gasteiger partial charge in [0.05, 0.1) is 25.3 Å². The highest BCUT2D eigenvalue weighted by Crippen LogP contribution is 2.31. The Balaban J connectivity index is 1.30. The summed E-state index contributed by atoms with van der Waals surface area (Å²) in [5.41, 5.74) is 11.9. The van der Waals surface area contributed by atoms with Gasteiger partial charge in [0.1, 0.15) is 28.4 Å². The predicted octanol–water partition coefficient (Wildman–Crippen LogP) is 5.40. The molecule has 10 nitrogen and oxygen atoms in total. The minimum atomic E-state index is -0.347. The Kier molecular flexibility index (Phi) is 7.79. The van der Waals surface area contributed by atoms with Crippen molar-refractivity contribution in [1.29, 1.82) is 0 Å². The third-order valence-corrected chi connectivity index (χ3v) is 7.32. The largest absolute Gasteiger partial charge is 0.497 e. The molecule has 2 amide bonds. The number of anilines is 2. The van der Waals surface area contributed by atoms with Crippen molar-refractivity contribution in [2.45, 2.75) is 6.42 Å². The van der Waals surface area contributed by atoms with Gasteiger partial charge < -0.3 is 25.8 Å². The van der Waals surface area contributed by atoms with Gasteiger partial charge in [-0.2, -0.15) is 0 Å². The van der Waals surface area contributed by atoms with Gasteiger partial charge >= 0.3 is 0 Å². The second kappa shape index (κ2) is 12.1. The summed E-state index contributed by atoms with van der Waals surface area (Å²) in [6.07, 6.45) is 0.628. The summed E-state index contributed by atoms with van der Waals surface area (Å²) in [6.45, 7) is 0.399. The van der Waals surface area contributed by atoms with Gasteiger partial charge in [-0.3, -0.25) is 14.2 Å². The maximum atomic E-state index is 13.6. The van der Waals surface area contributed by atoms with Gasteiger partial charge in [-0.15, -0.1) is 0 Å². The molecule has 0 radical (unpaired) electrons. The van der Waals surface area contributed by atoms with Gasteiger partial charge in [-0.1, -0.05) is 24.3 Å². The minimum absolute atomic E-state index is 0.202. The molecule has 44 heavy (non-hydrogen) atoms. The molecule has 0 atom stereocenters. The number of fused-ring (bicyclic) bond motifs is 2. The fraction of sp³-hybridized carbons (Fsp3) is 0.118. The Labute approximate surface area is 253 Å². The maximum Gasteiger partial charge on any atom is 0.257 e. The molecule has 10 heteroatoms. The Morgan fingerprint density at radius 1 is 0.773 bits per heavy atom. The van der Waals surface area contributed by atoms with Gasteiger partial charge in [0.2, 0.25) is 0 Å². The lowest BCUT2D eigenvalue weighted by Gasteiger charge is -2.10. The van der Waals surface area contributed by atoms with E-state index in [0.717, 1.165) is 11.3 Å². The Bertz CT molecular complexity index is 1970. The lowest BCUT2D eigenvalue weighted by atomic mass is 10.1. The molecular formula is C34H30N6O4. The molecule has 2 heterocycles. The van der Waals surface area contributed by atoms with E-state index in [0.29, 0.717) is 57.9 Å².